The lowest BCUT2D eigenvalue weighted by molar-refractivity contribution is 0.316. The minimum atomic E-state index is 0. The lowest BCUT2D eigenvalue weighted by Gasteiger charge is -2.07. The minimum absolute atomic E-state index is 0. The summed E-state index contributed by atoms with van der Waals surface area (Å²) in [5.41, 5.74) is 1.19. The first-order valence-electron chi connectivity index (χ1n) is 4.17. The van der Waals surface area contributed by atoms with E-state index in [0.29, 0.717) is 0 Å². The topological polar surface area (TPSA) is 21.3 Å². The maximum atomic E-state index is 5.51. The Hall–Kier alpha value is -0.730. The maximum Gasteiger partial charge on any atom is 0.122 e. The van der Waals surface area contributed by atoms with Crippen molar-refractivity contribution in [3.8, 4) is 5.75 Å². The van der Waals surface area contributed by atoms with Crippen molar-refractivity contribution in [3.05, 3.63) is 29.8 Å². The van der Waals surface area contributed by atoms with Gasteiger partial charge in [-0.25, -0.2) is 0 Å². The largest absolute Gasteiger partial charge is 0.492 e. The van der Waals surface area contributed by atoms with Crippen LogP contribution in [0.5, 0.6) is 5.75 Å². The van der Waals surface area contributed by atoms with Gasteiger partial charge in [0.2, 0.25) is 0 Å². The summed E-state index contributed by atoms with van der Waals surface area (Å²) in [7, 11) is 1.92. The van der Waals surface area contributed by atoms with E-state index in [1.54, 1.807) is 0 Å². The molecule has 0 atom stereocenters. The second kappa shape index (κ2) is 6.75. The van der Waals surface area contributed by atoms with Crippen LogP contribution in [0.15, 0.2) is 24.3 Å². The highest BCUT2D eigenvalue weighted by molar-refractivity contribution is 5.85. The quantitative estimate of drug-likeness (QED) is 0.753. The van der Waals surface area contributed by atoms with Crippen molar-refractivity contribution >= 4 is 12.4 Å². The highest BCUT2D eigenvalue weighted by Gasteiger charge is 1.95. The predicted octanol–water partition coefficient (Wildman–Crippen LogP) is 2.02. The monoisotopic (exact) mass is 201 g/mol. The standard InChI is InChI=1S/C10H15NO.ClH/c1-9-5-3-4-6-10(9)12-8-7-11-2;/h3-6,11H,7-8H2,1-2H3;1H. The van der Waals surface area contributed by atoms with Gasteiger partial charge in [-0.15, -0.1) is 12.4 Å². The molecule has 0 aliphatic carbocycles. The Labute approximate surface area is 85.7 Å². The van der Waals surface area contributed by atoms with E-state index in [1.165, 1.54) is 5.56 Å². The minimum Gasteiger partial charge on any atom is -0.492 e. The molecule has 0 bridgehead atoms. The Bertz CT molecular complexity index is 240. The molecule has 74 valence electrons. The summed E-state index contributed by atoms with van der Waals surface area (Å²) < 4.78 is 5.51. The van der Waals surface area contributed by atoms with Crippen molar-refractivity contribution in [3.63, 3.8) is 0 Å². The van der Waals surface area contributed by atoms with Crippen LogP contribution >= 0.6 is 12.4 Å². The number of likely N-dealkylation sites (N-methyl/N-ethyl adjacent to an activating group) is 1. The fourth-order valence-electron chi connectivity index (χ4n) is 0.981. The average molecular weight is 202 g/mol. The van der Waals surface area contributed by atoms with Gasteiger partial charge in [-0.3, -0.25) is 0 Å². The molecule has 0 amide bonds. The number of para-hydroxylation sites is 1. The van der Waals surface area contributed by atoms with Crippen LogP contribution in [0, 0.1) is 6.92 Å². The summed E-state index contributed by atoms with van der Waals surface area (Å²) in [5, 5.41) is 3.03. The van der Waals surface area contributed by atoms with E-state index in [2.05, 4.69) is 18.3 Å². The Morgan fingerprint density at radius 2 is 2.00 bits per heavy atom. The van der Waals surface area contributed by atoms with Crippen molar-refractivity contribution in [2.45, 2.75) is 6.92 Å². The number of benzene rings is 1. The number of hydrogen-bond acceptors (Lipinski definition) is 2. The second-order valence-corrected chi connectivity index (χ2v) is 2.72. The summed E-state index contributed by atoms with van der Waals surface area (Å²) >= 11 is 0. The summed E-state index contributed by atoms with van der Waals surface area (Å²) in [6.07, 6.45) is 0. The molecule has 0 fully saturated rings. The van der Waals surface area contributed by atoms with Gasteiger partial charge in [-0.05, 0) is 25.6 Å². The number of nitrogens with one attached hydrogen (secondary N) is 1. The van der Waals surface area contributed by atoms with Crippen LogP contribution in [0.25, 0.3) is 0 Å². The van der Waals surface area contributed by atoms with Crippen LogP contribution < -0.4 is 10.1 Å². The Morgan fingerprint density at radius 1 is 1.31 bits per heavy atom. The van der Waals surface area contributed by atoms with Crippen molar-refractivity contribution in [1.29, 1.82) is 0 Å². The molecule has 0 heterocycles. The second-order valence-electron chi connectivity index (χ2n) is 2.72. The molecule has 0 aliphatic heterocycles. The molecule has 0 spiro atoms. The predicted molar refractivity (Wildman–Crippen MR) is 57.8 cm³/mol. The molecular formula is C10H16ClNO. The van der Waals surface area contributed by atoms with Crippen LogP contribution in [0.1, 0.15) is 5.56 Å². The van der Waals surface area contributed by atoms with E-state index in [4.69, 9.17) is 4.74 Å². The van der Waals surface area contributed by atoms with E-state index in [1.807, 2.05) is 25.2 Å². The van der Waals surface area contributed by atoms with Crippen molar-refractivity contribution in [2.24, 2.45) is 0 Å². The molecule has 3 heteroatoms. The molecular weight excluding hydrogens is 186 g/mol. The van der Waals surface area contributed by atoms with Crippen molar-refractivity contribution in [2.75, 3.05) is 20.2 Å². The first kappa shape index (κ1) is 12.3. The van der Waals surface area contributed by atoms with Crippen molar-refractivity contribution in [1.82, 2.24) is 5.32 Å². The van der Waals surface area contributed by atoms with Gasteiger partial charge in [-0.2, -0.15) is 0 Å². The van der Waals surface area contributed by atoms with Gasteiger partial charge in [0, 0.05) is 6.54 Å². The number of aryl methyl sites for hydroxylation is 1. The third kappa shape index (κ3) is 4.15. The lowest BCUT2D eigenvalue weighted by atomic mass is 10.2. The lowest BCUT2D eigenvalue weighted by Crippen LogP contribution is -2.16. The first-order chi connectivity index (χ1) is 5.84. The van der Waals surface area contributed by atoms with Gasteiger partial charge in [-0.1, -0.05) is 18.2 Å². The summed E-state index contributed by atoms with van der Waals surface area (Å²) in [5.74, 6) is 0.979. The molecule has 2 nitrogen and oxygen atoms in total. The summed E-state index contributed by atoms with van der Waals surface area (Å²) in [4.78, 5) is 0. The van der Waals surface area contributed by atoms with Crippen LogP contribution in [-0.2, 0) is 0 Å². The normalized spacial score (nSPS) is 9.08. The fourth-order valence-corrected chi connectivity index (χ4v) is 0.981. The molecule has 1 N–H and O–H groups in total. The number of hydrogen-bond donors (Lipinski definition) is 1. The molecule has 0 aliphatic rings. The van der Waals surface area contributed by atoms with Gasteiger partial charge < -0.3 is 10.1 Å². The highest BCUT2D eigenvalue weighted by atomic mass is 35.5. The number of halogens is 1. The highest BCUT2D eigenvalue weighted by Crippen LogP contribution is 2.15. The van der Waals surface area contributed by atoms with Crippen LogP contribution in [0.4, 0.5) is 0 Å². The van der Waals surface area contributed by atoms with Crippen molar-refractivity contribution < 1.29 is 4.74 Å². The Morgan fingerprint density at radius 3 is 2.62 bits per heavy atom. The SMILES string of the molecule is CNCCOc1ccccc1C.Cl. The molecule has 0 saturated heterocycles. The third-order valence-corrected chi connectivity index (χ3v) is 1.70. The maximum absolute atomic E-state index is 5.51. The zero-order valence-corrected chi connectivity index (χ0v) is 8.86. The van der Waals surface area contributed by atoms with E-state index in [9.17, 15) is 0 Å². The van der Waals surface area contributed by atoms with Gasteiger partial charge in [0.1, 0.15) is 12.4 Å². The van der Waals surface area contributed by atoms with Gasteiger partial charge in [0.25, 0.3) is 0 Å². The van der Waals surface area contributed by atoms with Gasteiger partial charge in [0.15, 0.2) is 0 Å². The molecule has 0 unspecified atom stereocenters. The molecule has 13 heavy (non-hydrogen) atoms. The Balaban J connectivity index is 0.00000144. The number of ether oxygens (including phenoxy) is 1. The molecule has 0 saturated carbocycles. The third-order valence-electron chi connectivity index (χ3n) is 1.70. The van der Waals surface area contributed by atoms with Crippen LogP contribution in [-0.4, -0.2) is 20.2 Å². The molecule has 1 aromatic carbocycles. The number of rotatable bonds is 4. The average Bonchev–Trinajstić information content (AvgIpc) is 2.09. The van der Waals surface area contributed by atoms with Gasteiger partial charge in [0.05, 0.1) is 0 Å². The molecule has 1 rings (SSSR count). The summed E-state index contributed by atoms with van der Waals surface area (Å²) in [6.45, 7) is 3.66. The zero-order chi connectivity index (χ0) is 8.81. The van der Waals surface area contributed by atoms with Gasteiger partial charge >= 0.3 is 0 Å². The molecule has 1 aromatic rings. The van der Waals surface area contributed by atoms with Crippen LogP contribution in [0.3, 0.4) is 0 Å². The fraction of sp³-hybridized carbons (Fsp3) is 0.400. The van der Waals surface area contributed by atoms with E-state index < -0.39 is 0 Å². The zero-order valence-electron chi connectivity index (χ0n) is 8.04. The van der Waals surface area contributed by atoms with Crippen LogP contribution in [0.2, 0.25) is 0 Å². The Kier molecular flexibility index (Phi) is 6.37. The van der Waals surface area contributed by atoms with E-state index in [0.717, 1.165) is 18.9 Å². The molecule has 0 radical (unpaired) electrons. The molecule has 0 aromatic heterocycles. The first-order valence-corrected chi connectivity index (χ1v) is 4.17. The smallest absolute Gasteiger partial charge is 0.122 e. The summed E-state index contributed by atoms with van der Waals surface area (Å²) in [6, 6.07) is 8.04. The van der Waals surface area contributed by atoms with E-state index >= 15 is 0 Å². The van der Waals surface area contributed by atoms with E-state index in [-0.39, 0.29) is 12.4 Å².